The first-order valence-electron chi connectivity index (χ1n) is 4.37. The Bertz CT molecular complexity index is 159. The Labute approximate surface area is 77.0 Å². The van der Waals surface area contributed by atoms with Crippen LogP contribution >= 0.6 is 0 Å². The van der Waals surface area contributed by atoms with Crippen LogP contribution in [0.3, 0.4) is 0 Å². The first-order chi connectivity index (χ1) is 5.81. The summed E-state index contributed by atoms with van der Waals surface area (Å²) in [4.78, 5) is 0. The van der Waals surface area contributed by atoms with Gasteiger partial charge in [-0.15, -0.1) is 0 Å². The predicted molar refractivity (Wildman–Crippen MR) is 59.3 cm³/mol. The monoisotopic (exact) mass is 164 g/mol. The van der Waals surface area contributed by atoms with Gasteiger partial charge in [-0.2, -0.15) is 0 Å². The van der Waals surface area contributed by atoms with Gasteiger partial charge in [-0.25, -0.2) is 0 Å². The third kappa shape index (κ3) is 11.7. The lowest BCUT2D eigenvalue weighted by Crippen LogP contribution is -1.69. The van der Waals surface area contributed by atoms with Crippen LogP contribution in [-0.2, 0) is 0 Å². The van der Waals surface area contributed by atoms with Gasteiger partial charge < -0.3 is 0 Å². The molecule has 0 unspecified atom stereocenters. The molecule has 0 spiro atoms. The van der Waals surface area contributed by atoms with E-state index < -0.39 is 0 Å². The summed E-state index contributed by atoms with van der Waals surface area (Å²) in [6, 6.07) is 0. The van der Waals surface area contributed by atoms with Crippen LogP contribution in [0.15, 0.2) is 49.1 Å². The fourth-order valence-corrected chi connectivity index (χ4v) is 0.619. The van der Waals surface area contributed by atoms with Gasteiger partial charge >= 0.3 is 0 Å². The van der Waals surface area contributed by atoms with Crippen LogP contribution in [0.5, 0.6) is 0 Å². The number of hydrogen-bond donors (Lipinski definition) is 0. The Kier molecular flexibility index (Phi) is 14.2. The number of allylic oxidation sites excluding steroid dienone is 6. The zero-order valence-electron chi connectivity index (χ0n) is 8.51. The summed E-state index contributed by atoms with van der Waals surface area (Å²) >= 11 is 0. The van der Waals surface area contributed by atoms with Crippen LogP contribution < -0.4 is 0 Å². The molecule has 0 fully saturated rings. The zero-order chi connectivity index (χ0) is 9.82. The molecule has 0 aromatic carbocycles. The van der Waals surface area contributed by atoms with Crippen LogP contribution in [0.4, 0.5) is 0 Å². The normalized spacial score (nSPS) is 10.4. The van der Waals surface area contributed by atoms with Crippen molar-refractivity contribution in [3.8, 4) is 0 Å². The average Bonchev–Trinajstić information content (AvgIpc) is 2.09. The lowest BCUT2D eigenvalue weighted by molar-refractivity contribution is 1.21. The Hall–Kier alpha value is -1.04. The molecule has 0 nitrogen and oxygen atoms in total. The molecule has 0 radical (unpaired) electrons. The first-order valence-corrected chi connectivity index (χ1v) is 4.37. The molecule has 12 heavy (non-hydrogen) atoms. The molecule has 0 aliphatic carbocycles. The second-order valence-electron chi connectivity index (χ2n) is 2.12. The molecular weight excluding hydrogens is 144 g/mol. The molecule has 0 aromatic rings. The Morgan fingerprint density at radius 1 is 1.17 bits per heavy atom. The van der Waals surface area contributed by atoms with E-state index in [1.165, 1.54) is 5.57 Å². The summed E-state index contributed by atoms with van der Waals surface area (Å²) in [6.07, 6.45) is 10.6. The van der Waals surface area contributed by atoms with Gasteiger partial charge in [0.05, 0.1) is 0 Å². The van der Waals surface area contributed by atoms with E-state index in [9.17, 15) is 0 Å². The third-order valence-corrected chi connectivity index (χ3v) is 1.11. The lowest BCUT2D eigenvalue weighted by atomic mass is 10.2. The van der Waals surface area contributed by atoms with Gasteiger partial charge in [-0.05, 0) is 13.3 Å². The largest absolute Gasteiger partial charge is 0.0991 e. The van der Waals surface area contributed by atoms with E-state index >= 15 is 0 Å². The average molecular weight is 164 g/mol. The van der Waals surface area contributed by atoms with E-state index in [1.54, 1.807) is 12.2 Å². The Balaban J connectivity index is 0. The Morgan fingerprint density at radius 3 is 2.17 bits per heavy atom. The summed E-state index contributed by atoms with van der Waals surface area (Å²) in [7, 11) is 0. The fraction of sp³-hybridized carbons (Fsp3) is 0.333. The van der Waals surface area contributed by atoms with Crippen molar-refractivity contribution in [2.24, 2.45) is 0 Å². The van der Waals surface area contributed by atoms with E-state index in [4.69, 9.17) is 0 Å². The third-order valence-electron chi connectivity index (χ3n) is 1.11. The van der Waals surface area contributed by atoms with Crippen LogP contribution in [-0.4, -0.2) is 0 Å². The quantitative estimate of drug-likeness (QED) is 0.544. The van der Waals surface area contributed by atoms with Gasteiger partial charge in [-0.1, -0.05) is 63.0 Å². The van der Waals surface area contributed by atoms with Gasteiger partial charge in [0.1, 0.15) is 0 Å². The molecule has 0 N–H and O–H groups in total. The maximum atomic E-state index is 3.61. The number of rotatable bonds is 4. The van der Waals surface area contributed by atoms with Crippen LogP contribution in [0.2, 0.25) is 0 Å². The van der Waals surface area contributed by atoms with E-state index in [-0.39, 0.29) is 0 Å². The summed E-state index contributed by atoms with van der Waals surface area (Å²) in [6.45, 7) is 13.3. The standard InChI is InChI=1S/C10H14.C2H6/c1-4-6-7-9-10(3)8-5-2;1-2/h4-8H,1-2,9H2,3H3;1-2H3/b7-6-,10-8-;. The molecule has 0 aromatic heterocycles. The van der Waals surface area contributed by atoms with Gasteiger partial charge in [0, 0.05) is 0 Å². The van der Waals surface area contributed by atoms with Crippen molar-refractivity contribution in [2.75, 3.05) is 0 Å². The van der Waals surface area contributed by atoms with Crippen molar-refractivity contribution in [3.63, 3.8) is 0 Å². The molecule has 0 rings (SSSR count). The number of hydrogen-bond acceptors (Lipinski definition) is 0. The maximum Gasteiger partial charge on any atom is -0.0135 e. The minimum Gasteiger partial charge on any atom is -0.0991 e. The molecule has 0 saturated carbocycles. The molecule has 0 saturated heterocycles. The molecule has 0 aliphatic rings. The second-order valence-corrected chi connectivity index (χ2v) is 2.12. The summed E-state index contributed by atoms with van der Waals surface area (Å²) in [5.74, 6) is 0. The van der Waals surface area contributed by atoms with E-state index in [0.29, 0.717) is 0 Å². The second kappa shape index (κ2) is 12.6. The smallest absolute Gasteiger partial charge is 0.0135 e. The van der Waals surface area contributed by atoms with Crippen LogP contribution in [0.1, 0.15) is 27.2 Å². The highest BCUT2D eigenvalue weighted by Gasteiger charge is 1.79. The van der Waals surface area contributed by atoms with Crippen molar-refractivity contribution in [3.05, 3.63) is 49.1 Å². The van der Waals surface area contributed by atoms with Crippen molar-refractivity contribution in [1.82, 2.24) is 0 Å². The highest BCUT2D eigenvalue weighted by molar-refractivity contribution is 5.12. The van der Waals surface area contributed by atoms with Crippen molar-refractivity contribution in [1.29, 1.82) is 0 Å². The van der Waals surface area contributed by atoms with Gasteiger partial charge in [0.2, 0.25) is 0 Å². The molecule has 0 heterocycles. The zero-order valence-corrected chi connectivity index (χ0v) is 8.51. The molecule has 0 amide bonds. The van der Waals surface area contributed by atoms with Gasteiger partial charge in [0.25, 0.3) is 0 Å². The molecule has 0 bridgehead atoms. The lowest BCUT2D eigenvalue weighted by Gasteiger charge is -1.89. The van der Waals surface area contributed by atoms with Crippen molar-refractivity contribution < 1.29 is 0 Å². The van der Waals surface area contributed by atoms with Crippen LogP contribution in [0, 0.1) is 0 Å². The van der Waals surface area contributed by atoms with Crippen LogP contribution in [0.25, 0.3) is 0 Å². The SMILES string of the molecule is C=C/C=C\C/C(C)=C\C=C.CC. The molecule has 0 aliphatic heterocycles. The van der Waals surface area contributed by atoms with Crippen molar-refractivity contribution in [2.45, 2.75) is 27.2 Å². The van der Waals surface area contributed by atoms with E-state index in [0.717, 1.165) is 6.42 Å². The molecular formula is C12H20. The van der Waals surface area contributed by atoms with E-state index in [2.05, 4.69) is 26.2 Å². The topological polar surface area (TPSA) is 0 Å². The molecule has 68 valence electrons. The van der Waals surface area contributed by atoms with Gasteiger partial charge in [0.15, 0.2) is 0 Å². The summed E-state index contributed by atoms with van der Waals surface area (Å²) in [5.41, 5.74) is 1.31. The summed E-state index contributed by atoms with van der Waals surface area (Å²) < 4.78 is 0. The van der Waals surface area contributed by atoms with E-state index in [1.807, 2.05) is 26.0 Å². The summed E-state index contributed by atoms with van der Waals surface area (Å²) in [5, 5.41) is 0. The fourth-order valence-electron chi connectivity index (χ4n) is 0.619. The maximum absolute atomic E-state index is 3.61. The van der Waals surface area contributed by atoms with Gasteiger partial charge in [-0.3, -0.25) is 0 Å². The minimum absolute atomic E-state index is 0.984. The molecule has 0 heteroatoms. The highest BCUT2D eigenvalue weighted by atomic mass is 13.9. The predicted octanol–water partition coefficient (Wildman–Crippen LogP) is 4.28. The minimum atomic E-state index is 0.984. The van der Waals surface area contributed by atoms with Crippen molar-refractivity contribution >= 4 is 0 Å². The highest BCUT2D eigenvalue weighted by Crippen LogP contribution is 2.00. The first kappa shape index (κ1) is 13.5. The molecule has 0 atom stereocenters. The Morgan fingerprint density at radius 2 is 1.75 bits per heavy atom.